The number of hydrogen-bond donors (Lipinski definition) is 3. The Kier molecular flexibility index (Phi) is 10.1. The summed E-state index contributed by atoms with van der Waals surface area (Å²) >= 11 is 0. The highest BCUT2D eigenvalue weighted by Gasteiger charge is 2.36. The second-order valence-electron chi connectivity index (χ2n) is 12.7. The zero-order valence-electron chi connectivity index (χ0n) is 24.1. The van der Waals surface area contributed by atoms with E-state index in [0.717, 1.165) is 103 Å². The van der Waals surface area contributed by atoms with E-state index in [0.29, 0.717) is 30.5 Å². The largest absolute Gasteiger partial charge is 0.366 e. The molecule has 10 nitrogen and oxygen atoms in total. The first-order valence-corrected chi connectivity index (χ1v) is 18.5. The van der Waals surface area contributed by atoms with E-state index in [4.69, 9.17) is 5.73 Å². The van der Waals surface area contributed by atoms with Crippen molar-refractivity contribution >= 4 is 26.0 Å². The lowest BCUT2D eigenvalue weighted by Gasteiger charge is -2.32. The summed E-state index contributed by atoms with van der Waals surface area (Å²) in [5.74, 6) is 0.678. The first-order chi connectivity index (χ1) is 19.6. The standard InChI is InChI=1S/C29H47N5O5S2/c30-29(35)26-20-24(17-22-5-11-33(12-6-22)15-9-31-40(36,37)27-1-2-27)19-25(21-26)18-23-7-13-34(14-8-23)16-10-32-41(38,39)28-3-4-28/h19-23,27-28,31-32H,1-18H2,(H2,30,35). The van der Waals surface area contributed by atoms with E-state index in [1.165, 1.54) is 11.1 Å². The molecule has 0 atom stereocenters. The molecule has 2 saturated carbocycles. The molecule has 0 aromatic heterocycles. The van der Waals surface area contributed by atoms with Crippen molar-refractivity contribution in [1.29, 1.82) is 0 Å². The molecule has 0 unspecified atom stereocenters. The number of carbonyl (C=O) groups is 1. The number of nitrogens with one attached hydrogen (secondary N) is 2. The van der Waals surface area contributed by atoms with Crippen LogP contribution >= 0.6 is 0 Å². The van der Waals surface area contributed by atoms with Crippen LogP contribution < -0.4 is 15.2 Å². The van der Waals surface area contributed by atoms with Crippen LogP contribution in [0.5, 0.6) is 0 Å². The monoisotopic (exact) mass is 609 g/mol. The van der Waals surface area contributed by atoms with Crippen molar-refractivity contribution in [3.05, 3.63) is 34.9 Å². The molecule has 0 radical (unpaired) electrons. The van der Waals surface area contributed by atoms with E-state index in [2.05, 4.69) is 25.3 Å². The van der Waals surface area contributed by atoms with Gasteiger partial charge >= 0.3 is 0 Å². The second kappa shape index (κ2) is 13.4. The lowest BCUT2D eigenvalue weighted by molar-refractivity contribution is 0.1000. The number of piperidine rings is 2. The van der Waals surface area contributed by atoms with Crippen molar-refractivity contribution in [1.82, 2.24) is 19.2 Å². The zero-order chi connectivity index (χ0) is 29.0. The number of benzene rings is 1. The van der Waals surface area contributed by atoms with Crippen LogP contribution in [0, 0.1) is 11.8 Å². The first-order valence-electron chi connectivity index (χ1n) is 15.4. The fraction of sp³-hybridized carbons (Fsp3) is 0.759. The van der Waals surface area contributed by atoms with Gasteiger partial charge in [-0.3, -0.25) is 4.79 Å². The van der Waals surface area contributed by atoms with Crippen LogP contribution in [0.4, 0.5) is 0 Å². The number of hydrogen-bond acceptors (Lipinski definition) is 7. The minimum atomic E-state index is -3.12. The van der Waals surface area contributed by atoms with Crippen LogP contribution in [0.1, 0.15) is 72.9 Å². The molecule has 12 heteroatoms. The summed E-state index contributed by atoms with van der Waals surface area (Å²) in [5, 5.41) is -0.344. The van der Waals surface area contributed by atoms with Crippen LogP contribution in [-0.4, -0.2) is 95.4 Å². The van der Waals surface area contributed by atoms with Gasteiger partial charge in [0.1, 0.15) is 0 Å². The molecule has 2 saturated heterocycles. The molecule has 41 heavy (non-hydrogen) atoms. The Morgan fingerprint density at radius 1 is 0.683 bits per heavy atom. The molecule has 2 heterocycles. The number of amides is 1. The van der Waals surface area contributed by atoms with Crippen LogP contribution in [0.2, 0.25) is 0 Å². The molecule has 2 aliphatic carbocycles. The average Bonchev–Trinajstić information content (AvgIpc) is 3.83. The van der Waals surface area contributed by atoms with E-state index >= 15 is 0 Å². The van der Waals surface area contributed by atoms with Crippen LogP contribution in [0.15, 0.2) is 18.2 Å². The second-order valence-corrected chi connectivity index (χ2v) is 16.7. The van der Waals surface area contributed by atoms with Crippen LogP contribution in [0.3, 0.4) is 0 Å². The molecule has 1 amide bonds. The van der Waals surface area contributed by atoms with Gasteiger partial charge in [-0.1, -0.05) is 6.07 Å². The molecule has 4 aliphatic rings. The SMILES string of the molecule is NC(=O)c1cc(CC2CCN(CCNS(=O)(=O)C3CC3)CC2)cc(CC2CCN(CCNS(=O)(=O)C3CC3)CC2)c1. The molecule has 5 rings (SSSR count). The van der Waals surface area contributed by atoms with Crippen molar-refractivity contribution < 1.29 is 21.6 Å². The molecule has 0 bridgehead atoms. The summed E-state index contributed by atoms with van der Waals surface area (Å²) in [6.07, 6.45) is 9.21. The van der Waals surface area contributed by atoms with E-state index in [1.54, 1.807) is 0 Å². The van der Waals surface area contributed by atoms with Crippen molar-refractivity contribution in [2.75, 3.05) is 52.4 Å². The normalized spacial score (nSPS) is 22.2. The third-order valence-electron chi connectivity index (χ3n) is 9.19. The maximum absolute atomic E-state index is 12.1. The Bertz CT molecular complexity index is 1180. The molecule has 2 aliphatic heterocycles. The molecule has 230 valence electrons. The summed E-state index contributed by atoms with van der Waals surface area (Å²) in [6, 6.07) is 6.16. The van der Waals surface area contributed by atoms with E-state index in [1.807, 2.05) is 12.1 Å². The maximum atomic E-state index is 12.1. The zero-order valence-corrected chi connectivity index (χ0v) is 25.7. The van der Waals surface area contributed by atoms with Gasteiger partial charge in [0.2, 0.25) is 26.0 Å². The van der Waals surface area contributed by atoms with Crippen molar-refractivity contribution in [2.24, 2.45) is 17.6 Å². The van der Waals surface area contributed by atoms with E-state index < -0.39 is 20.0 Å². The summed E-state index contributed by atoms with van der Waals surface area (Å²) in [5.41, 5.74) is 8.63. The summed E-state index contributed by atoms with van der Waals surface area (Å²) < 4.78 is 53.7. The van der Waals surface area contributed by atoms with Gasteiger partial charge in [-0.15, -0.1) is 0 Å². The summed E-state index contributed by atoms with van der Waals surface area (Å²) in [6.45, 7) is 6.27. The predicted molar refractivity (Wildman–Crippen MR) is 161 cm³/mol. The Balaban J connectivity index is 1.05. The van der Waals surface area contributed by atoms with Gasteiger partial charge in [0.05, 0.1) is 10.5 Å². The van der Waals surface area contributed by atoms with Crippen molar-refractivity contribution in [2.45, 2.75) is 74.7 Å². The topological polar surface area (TPSA) is 142 Å². The highest BCUT2D eigenvalue weighted by Crippen LogP contribution is 2.29. The van der Waals surface area contributed by atoms with Gasteiger partial charge in [-0.2, -0.15) is 0 Å². The molecule has 0 spiro atoms. The third-order valence-corrected chi connectivity index (χ3v) is 13.1. The van der Waals surface area contributed by atoms with Crippen LogP contribution in [0.25, 0.3) is 0 Å². The fourth-order valence-corrected chi connectivity index (χ4v) is 9.06. The number of rotatable bonds is 15. The van der Waals surface area contributed by atoms with E-state index in [-0.39, 0.29) is 16.4 Å². The highest BCUT2D eigenvalue weighted by atomic mass is 32.2. The Labute approximate surface area is 245 Å². The molecule has 1 aromatic rings. The minimum absolute atomic E-state index is 0.172. The van der Waals surface area contributed by atoms with Gasteiger partial charge < -0.3 is 15.5 Å². The number of nitrogens with two attached hydrogens (primary N) is 1. The molecule has 4 fully saturated rings. The third kappa shape index (κ3) is 9.21. The number of sulfonamides is 2. The van der Waals surface area contributed by atoms with Crippen LogP contribution in [-0.2, 0) is 32.9 Å². The summed E-state index contributed by atoms with van der Waals surface area (Å²) in [4.78, 5) is 16.8. The summed E-state index contributed by atoms with van der Waals surface area (Å²) in [7, 11) is -6.23. The Hall–Kier alpha value is -1.57. The van der Waals surface area contributed by atoms with Crippen molar-refractivity contribution in [3.8, 4) is 0 Å². The Morgan fingerprint density at radius 2 is 1.07 bits per heavy atom. The predicted octanol–water partition coefficient (Wildman–Crippen LogP) is 1.46. The molecular weight excluding hydrogens is 562 g/mol. The number of likely N-dealkylation sites (tertiary alicyclic amines) is 2. The van der Waals surface area contributed by atoms with Gasteiger partial charge in [-0.25, -0.2) is 26.3 Å². The lowest BCUT2D eigenvalue weighted by Crippen LogP contribution is -2.40. The fourth-order valence-electron chi connectivity index (χ4n) is 6.32. The van der Waals surface area contributed by atoms with Gasteiger partial charge in [0.25, 0.3) is 0 Å². The number of primary amides is 1. The van der Waals surface area contributed by atoms with E-state index in [9.17, 15) is 21.6 Å². The van der Waals surface area contributed by atoms with Gasteiger partial charge in [0.15, 0.2) is 0 Å². The van der Waals surface area contributed by atoms with Crippen molar-refractivity contribution in [3.63, 3.8) is 0 Å². The highest BCUT2D eigenvalue weighted by molar-refractivity contribution is 7.90. The first kappa shape index (κ1) is 30.9. The maximum Gasteiger partial charge on any atom is 0.248 e. The number of nitrogens with zero attached hydrogens (tertiary/aromatic N) is 2. The average molecular weight is 610 g/mol. The lowest BCUT2D eigenvalue weighted by atomic mass is 9.86. The smallest absolute Gasteiger partial charge is 0.248 e. The molecule has 1 aromatic carbocycles. The quantitative estimate of drug-likeness (QED) is 0.273. The van der Waals surface area contributed by atoms with Gasteiger partial charge in [-0.05, 0) is 125 Å². The minimum Gasteiger partial charge on any atom is -0.366 e. The van der Waals surface area contributed by atoms with Gasteiger partial charge in [0, 0.05) is 31.7 Å². The molecule has 4 N–H and O–H groups in total. The Morgan fingerprint density at radius 3 is 1.41 bits per heavy atom. The molecular formula is C29H47N5O5S2. The number of carbonyl (C=O) groups excluding carboxylic acids is 1.